The molecule has 1 aromatic carbocycles. The van der Waals surface area contributed by atoms with Crippen LogP contribution in [0, 0.1) is 0 Å². The van der Waals surface area contributed by atoms with E-state index in [2.05, 4.69) is 39.0 Å². The first-order valence-corrected chi connectivity index (χ1v) is 7.24. The number of methoxy groups -OCH3 is 1. The van der Waals surface area contributed by atoms with Crippen molar-refractivity contribution in [2.24, 2.45) is 5.73 Å². The summed E-state index contributed by atoms with van der Waals surface area (Å²) >= 11 is 3.63. The van der Waals surface area contributed by atoms with Gasteiger partial charge in [-0.25, -0.2) is 0 Å². The van der Waals surface area contributed by atoms with Gasteiger partial charge in [0.15, 0.2) is 0 Å². The molecular weight excluding hydrogens is 292 g/mol. The number of ether oxygens (including phenoxy) is 1. The highest BCUT2D eigenvalue weighted by Gasteiger charge is 2.19. The Morgan fingerprint density at radius 1 is 1.50 bits per heavy atom. The largest absolute Gasteiger partial charge is 0.380 e. The van der Waals surface area contributed by atoms with Gasteiger partial charge in [0.05, 0.1) is 6.10 Å². The lowest BCUT2D eigenvalue weighted by Crippen LogP contribution is -2.38. The second kappa shape index (κ2) is 6.66. The molecule has 0 bridgehead atoms. The van der Waals surface area contributed by atoms with Gasteiger partial charge in [0.2, 0.25) is 0 Å². The van der Waals surface area contributed by atoms with Gasteiger partial charge in [-0.05, 0) is 36.6 Å². The Kier molecular flexibility index (Phi) is 5.18. The predicted octanol–water partition coefficient (Wildman–Crippen LogP) is 2.52. The first-order chi connectivity index (χ1) is 8.72. The molecular formula is C14H21BrN2O. The molecule has 3 nitrogen and oxygen atoms in total. The van der Waals surface area contributed by atoms with Crippen LogP contribution in [0.15, 0.2) is 22.7 Å². The second-order valence-electron chi connectivity index (χ2n) is 4.86. The molecule has 0 saturated carbocycles. The quantitative estimate of drug-likeness (QED) is 0.928. The normalized spacial score (nSPS) is 21.2. The molecule has 1 fully saturated rings. The summed E-state index contributed by atoms with van der Waals surface area (Å²) in [6.45, 7) is 3.76. The van der Waals surface area contributed by atoms with E-state index in [0.29, 0.717) is 12.6 Å². The highest BCUT2D eigenvalue weighted by Crippen LogP contribution is 2.22. The molecule has 100 valence electrons. The van der Waals surface area contributed by atoms with Crippen molar-refractivity contribution in [2.45, 2.75) is 32.0 Å². The third kappa shape index (κ3) is 3.54. The van der Waals surface area contributed by atoms with Crippen molar-refractivity contribution in [3.8, 4) is 0 Å². The molecule has 0 spiro atoms. The summed E-state index contributed by atoms with van der Waals surface area (Å²) in [5, 5.41) is 0. The molecule has 0 aromatic heterocycles. The van der Waals surface area contributed by atoms with E-state index in [9.17, 15) is 0 Å². The average Bonchev–Trinajstić information content (AvgIpc) is 2.41. The lowest BCUT2D eigenvalue weighted by Gasteiger charge is -2.32. The maximum atomic E-state index is 5.64. The maximum absolute atomic E-state index is 5.64. The zero-order valence-corrected chi connectivity index (χ0v) is 12.4. The molecule has 1 saturated heterocycles. The minimum atomic E-state index is 0.390. The van der Waals surface area contributed by atoms with E-state index >= 15 is 0 Å². The predicted molar refractivity (Wildman–Crippen MR) is 77.3 cm³/mol. The minimum Gasteiger partial charge on any atom is -0.380 e. The fraction of sp³-hybridized carbons (Fsp3) is 0.571. The van der Waals surface area contributed by atoms with Crippen LogP contribution in [-0.4, -0.2) is 31.2 Å². The molecule has 1 unspecified atom stereocenters. The van der Waals surface area contributed by atoms with E-state index in [1.807, 2.05) is 0 Å². The standard InChI is InChI=1S/C14H21BrN2O/c1-18-13-3-2-6-17(10-13)9-12-5-4-11(8-16)7-14(12)15/h4-5,7,13H,2-3,6,8-10,16H2,1H3. The first-order valence-electron chi connectivity index (χ1n) is 6.45. The molecule has 2 N–H and O–H groups in total. The number of rotatable bonds is 4. The zero-order chi connectivity index (χ0) is 13.0. The van der Waals surface area contributed by atoms with Crippen molar-refractivity contribution in [3.63, 3.8) is 0 Å². The Bertz CT molecular complexity index is 397. The van der Waals surface area contributed by atoms with Crippen molar-refractivity contribution in [3.05, 3.63) is 33.8 Å². The van der Waals surface area contributed by atoms with Gasteiger partial charge in [0.1, 0.15) is 0 Å². The van der Waals surface area contributed by atoms with Gasteiger partial charge in [-0.3, -0.25) is 4.90 Å². The summed E-state index contributed by atoms with van der Waals surface area (Å²) in [7, 11) is 1.81. The van der Waals surface area contributed by atoms with E-state index in [1.165, 1.54) is 24.0 Å². The van der Waals surface area contributed by atoms with E-state index in [0.717, 1.165) is 24.1 Å². The molecule has 4 heteroatoms. The number of benzene rings is 1. The Hall–Kier alpha value is -0.420. The number of nitrogens with two attached hydrogens (primary N) is 1. The molecule has 18 heavy (non-hydrogen) atoms. The van der Waals surface area contributed by atoms with Crippen LogP contribution in [0.4, 0.5) is 0 Å². The number of piperidine rings is 1. The summed E-state index contributed by atoms with van der Waals surface area (Å²) in [6.07, 6.45) is 2.79. The topological polar surface area (TPSA) is 38.5 Å². The third-order valence-corrected chi connectivity index (χ3v) is 4.28. The molecule has 1 aromatic rings. The highest BCUT2D eigenvalue weighted by molar-refractivity contribution is 9.10. The Morgan fingerprint density at radius 2 is 2.33 bits per heavy atom. The van der Waals surface area contributed by atoms with Crippen LogP contribution in [0.25, 0.3) is 0 Å². The Labute approximate surface area is 117 Å². The summed E-state index contributed by atoms with van der Waals surface area (Å²) in [5.41, 5.74) is 8.13. The fourth-order valence-corrected chi connectivity index (χ4v) is 2.99. The lowest BCUT2D eigenvalue weighted by molar-refractivity contribution is 0.0285. The van der Waals surface area contributed by atoms with Crippen LogP contribution in [0.1, 0.15) is 24.0 Å². The Balaban J connectivity index is 2.00. The van der Waals surface area contributed by atoms with E-state index in [1.54, 1.807) is 7.11 Å². The van der Waals surface area contributed by atoms with Crippen molar-refractivity contribution < 1.29 is 4.74 Å². The monoisotopic (exact) mass is 312 g/mol. The van der Waals surface area contributed by atoms with Crippen molar-refractivity contribution in [1.82, 2.24) is 4.90 Å². The summed E-state index contributed by atoms with van der Waals surface area (Å²) in [5.74, 6) is 0. The van der Waals surface area contributed by atoms with Crippen LogP contribution >= 0.6 is 15.9 Å². The molecule has 2 rings (SSSR count). The Morgan fingerprint density at radius 3 is 3.00 bits per heavy atom. The first kappa shape index (κ1) is 14.0. The van der Waals surface area contributed by atoms with E-state index < -0.39 is 0 Å². The molecule has 1 atom stereocenters. The molecule has 0 aliphatic carbocycles. The number of hydrogen-bond acceptors (Lipinski definition) is 3. The van der Waals surface area contributed by atoms with Gasteiger partial charge in [-0.15, -0.1) is 0 Å². The molecule has 0 amide bonds. The van der Waals surface area contributed by atoms with Crippen LogP contribution in [0.3, 0.4) is 0 Å². The minimum absolute atomic E-state index is 0.390. The van der Waals surface area contributed by atoms with E-state index in [4.69, 9.17) is 10.5 Å². The molecule has 0 radical (unpaired) electrons. The molecule has 1 aliphatic heterocycles. The summed E-state index contributed by atoms with van der Waals surface area (Å²) in [4.78, 5) is 2.46. The second-order valence-corrected chi connectivity index (χ2v) is 5.72. The van der Waals surface area contributed by atoms with Crippen LogP contribution < -0.4 is 5.73 Å². The van der Waals surface area contributed by atoms with Gasteiger partial charge in [-0.1, -0.05) is 28.1 Å². The van der Waals surface area contributed by atoms with Gasteiger partial charge >= 0.3 is 0 Å². The number of likely N-dealkylation sites (tertiary alicyclic amines) is 1. The fourth-order valence-electron chi connectivity index (χ4n) is 2.44. The third-order valence-electron chi connectivity index (χ3n) is 3.54. The molecule has 1 heterocycles. The average molecular weight is 313 g/mol. The van der Waals surface area contributed by atoms with E-state index in [-0.39, 0.29) is 0 Å². The highest BCUT2D eigenvalue weighted by atomic mass is 79.9. The summed E-state index contributed by atoms with van der Waals surface area (Å²) < 4.78 is 6.61. The SMILES string of the molecule is COC1CCCN(Cc2ccc(CN)cc2Br)C1. The molecule has 1 aliphatic rings. The lowest BCUT2D eigenvalue weighted by atomic mass is 10.1. The van der Waals surface area contributed by atoms with Crippen molar-refractivity contribution in [1.29, 1.82) is 0 Å². The van der Waals surface area contributed by atoms with Gasteiger partial charge in [0, 0.05) is 31.2 Å². The zero-order valence-electron chi connectivity index (χ0n) is 10.9. The smallest absolute Gasteiger partial charge is 0.0698 e. The maximum Gasteiger partial charge on any atom is 0.0698 e. The van der Waals surface area contributed by atoms with Crippen LogP contribution in [0.2, 0.25) is 0 Å². The van der Waals surface area contributed by atoms with Gasteiger partial charge in [0.25, 0.3) is 0 Å². The van der Waals surface area contributed by atoms with Crippen LogP contribution in [0.5, 0.6) is 0 Å². The number of halogens is 1. The number of hydrogen-bond donors (Lipinski definition) is 1. The van der Waals surface area contributed by atoms with Crippen molar-refractivity contribution >= 4 is 15.9 Å². The van der Waals surface area contributed by atoms with Crippen molar-refractivity contribution in [2.75, 3.05) is 20.2 Å². The number of nitrogens with zero attached hydrogens (tertiary/aromatic N) is 1. The van der Waals surface area contributed by atoms with Gasteiger partial charge < -0.3 is 10.5 Å². The summed E-state index contributed by atoms with van der Waals surface area (Å²) in [6, 6.07) is 6.40. The van der Waals surface area contributed by atoms with Crippen LogP contribution in [-0.2, 0) is 17.8 Å². The van der Waals surface area contributed by atoms with Gasteiger partial charge in [-0.2, -0.15) is 0 Å².